The van der Waals surface area contributed by atoms with Crippen LogP contribution in [0.15, 0.2) is 48.5 Å². The number of nitrogens with two attached hydrogens (primary N) is 1. The van der Waals surface area contributed by atoms with Crippen molar-refractivity contribution in [1.82, 2.24) is 19.8 Å². The van der Waals surface area contributed by atoms with Crippen LogP contribution in [0.1, 0.15) is 21.1 Å². The molecule has 0 spiro atoms. The molecule has 0 aliphatic carbocycles. The van der Waals surface area contributed by atoms with Gasteiger partial charge >= 0.3 is 0 Å². The van der Waals surface area contributed by atoms with Gasteiger partial charge in [0.2, 0.25) is 0 Å². The number of rotatable bonds is 3. The van der Waals surface area contributed by atoms with Crippen LogP contribution in [0.2, 0.25) is 0 Å². The molecule has 0 radical (unpaired) electrons. The van der Waals surface area contributed by atoms with E-state index in [1.807, 2.05) is 48.2 Å². The lowest BCUT2D eigenvalue weighted by Gasteiger charge is -2.34. The van der Waals surface area contributed by atoms with Crippen molar-refractivity contribution in [3.05, 3.63) is 64.8 Å². The number of fused-ring (bicyclic) bond motifs is 2. The molecule has 0 saturated carbocycles. The molecule has 0 bridgehead atoms. The van der Waals surface area contributed by atoms with Gasteiger partial charge in [0.25, 0.3) is 5.91 Å². The molecule has 30 heavy (non-hydrogen) atoms. The number of hydrogen-bond acceptors (Lipinski definition) is 6. The minimum Gasteiger partial charge on any atom is -0.383 e. The maximum absolute atomic E-state index is 13.1. The van der Waals surface area contributed by atoms with Gasteiger partial charge in [-0.25, -0.2) is 9.97 Å². The van der Waals surface area contributed by atoms with Crippen LogP contribution in [0.3, 0.4) is 0 Å². The van der Waals surface area contributed by atoms with Gasteiger partial charge in [-0.3, -0.25) is 9.69 Å². The number of aromatic nitrogens is 2. The largest absolute Gasteiger partial charge is 0.383 e. The Kier molecular flexibility index (Phi) is 4.84. The standard InChI is InChI=1S/C23H23N5OS/c1-15-16-6-3-5-9-19(16)30-21(15)23(29)28-12-10-27(11-13-28)14-20-25-18-8-4-2-7-17(18)22(24)26-20/h2-9H,10-14H2,1H3,(H2,24,25,26). The molecule has 2 N–H and O–H groups in total. The fourth-order valence-corrected chi connectivity index (χ4v) is 5.23. The predicted molar refractivity (Wildman–Crippen MR) is 122 cm³/mol. The molecule has 1 amide bonds. The third-order valence-corrected chi connectivity index (χ3v) is 7.00. The van der Waals surface area contributed by atoms with Crippen LogP contribution >= 0.6 is 11.3 Å². The van der Waals surface area contributed by atoms with Crippen molar-refractivity contribution >= 4 is 44.1 Å². The first-order valence-corrected chi connectivity index (χ1v) is 10.9. The van der Waals surface area contributed by atoms with E-state index < -0.39 is 0 Å². The summed E-state index contributed by atoms with van der Waals surface area (Å²) < 4.78 is 1.17. The van der Waals surface area contributed by atoms with Crippen molar-refractivity contribution in [2.45, 2.75) is 13.5 Å². The maximum atomic E-state index is 13.1. The average molecular weight is 418 g/mol. The highest BCUT2D eigenvalue weighted by Crippen LogP contribution is 2.31. The van der Waals surface area contributed by atoms with Gasteiger partial charge in [-0.05, 0) is 36.1 Å². The number of hydrogen-bond donors (Lipinski definition) is 1. The minimum atomic E-state index is 0.138. The van der Waals surface area contributed by atoms with Crippen molar-refractivity contribution in [2.75, 3.05) is 31.9 Å². The van der Waals surface area contributed by atoms with E-state index in [2.05, 4.69) is 27.0 Å². The normalized spacial score (nSPS) is 15.2. The molecule has 7 heteroatoms. The molecule has 1 aliphatic rings. The molecule has 6 nitrogen and oxygen atoms in total. The van der Waals surface area contributed by atoms with Crippen molar-refractivity contribution in [1.29, 1.82) is 0 Å². The molecule has 152 valence electrons. The molecular formula is C23H23N5OS. The van der Waals surface area contributed by atoms with E-state index in [0.717, 1.165) is 40.3 Å². The molecule has 1 aliphatic heterocycles. The van der Waals surface area contributed by atoms with Crippen LogP contribution in [0, 0.1) is 6.92 Å². The monoisotopic (exact) mass is 417 g/mol. The number of carbonyl (C=O) groups is 1. The first-order chi connectivity index (χ1) is 14.6. The van der Waals surface area contributed by atoms with Crippen LogP contribution in [-0.4, -0.2) is 51.9 Å². The van der Waals surface area contributed by atoms with E-state index in [1.165, 1.54) is 10.1 Å². The molecule has 4 aromatic rings. The zero-order valence-electron chi connectivity index (χ0n) is 16.8. The molecular weight excluding hydrogens is 394 g/mol. The summed E-state index contributed by atoms with van der Waals surface area (Å²) in [6.07, 6.45) is 0. The second kappa shape index (κ2) is 7.66. The first kappa shape index (κ1) is 19.0. The van der Waals surface area contributed by atoms with E-state index in [4.69, 9.17) is 5.73 Å². The highest BCUT2D eigenvalue weighted by molar-refractivity contribution is 7.21. The van der Waals surface area contributed by atoms with Crippen LogP contribution < -0.4 is 5.73 Å². The zero-order valence-corrected chi connectivity index (χ0v) is 17.7. The number of carbonyl (C=O) groups excluding carboxylic acids is 1. The maximum Gasteiger partial charge on any atom is 0.264 e. The highest BCUT2D eigenvalue weighted by atomic mass is 32.1. The Morgan fingerprint density at radius 3 is 2.47 bits per heavy atom. The Labute approximate surface area is 179 Å². The summed E-state index contributed by atoms with van der Waals surface area (Å²) in [6.45, 7) is 5.69. The molecule has 1 saturated heterocycles. The molecule has 3 heterocycles. The number of benzene rings is 2. The molecule has 5 rings (SSSR count). The number of aryl methyl sites for hydroxylation is 1. The summed E-state index contributed by atoms with van der Waals surface area (Å²) in [5.74, 6) is 1.38. The number of para-hydroxylation sites is 1. The summed E-state index contributed by atoms with van der Waals surface area (Å²) >= 11 is 1.59. The Bertz CT molecular complexity index is 1240. The summed E-state index contributed by atoms with van der Waals surface area (Å²) in [7, 11) is 0. The Morgan fingerprint density at radius 2 is 1.70 bits per heavy atom. The molecule has 0 atom stereocenters. The van der Waals surface area contributed by atoms with Crippen molar-refractivity contribution in [2.24, 2.45) is 0 Å². The van der Waals surface area contributed by atoms with Gasteiger partial charge in [-0.1, -0.05) is 30.3 Å². The van der Waals surface area contributed by atoms with E-state index in [9.17, 15) is 4.79 Å². The number of thiophene rings is 1. The van der Waals surface area contributed by atoms with E-state index in [-0.39, 0.29) is 5.91 Å². The number of piperazine rings is 1. The van der Waals surface area contributed by atoms with Gasteiger partial charge in [0.05, 0.1) is 16.9 Å². The molecule has 0 unspecified atom stereocenters. The van der Waals surface area contributed by atoms with Crippen molar-refractivity contribution < 1.29 is 4.79 Å². The fourth-order valence-electron chi connectivity index (χ4n) is 4.05. The second-order valence-corrected chi connectivity index (χ2v) is 8.72. The van der Waals surface area contributed by atoms with Crippen LogP contribution in [-0.2, 0) is 6.54 Å². The Balaban J connectivity index is 1.27. The number of nitrogen functional groups attached to an aromatic ring is 1. The smallest absolute Gasteiger partial charge is 0.264 e. The van der Waals surface area contributed by atoms with E-state index in [1.54, 1.807) is 11.3 Å². The zero-order chi connectivity index (χ0) is 20.7. The number of anilines is 1. The molecule has 1 fully saturated rings. The second-order valence-electron chi connectivity index (χ2n) is 7.66. The Hall–Kier alpha value is -3.03. The summed E-state index contributed by atoms with van der Waals surface area (Å²) in [6, 6.07) is 16.0. The first-order valence-electron chi connectivity index (χ1n) is 10.1. The number of amides is 1. The average Bonchev–Trinajstić information content (AvgIpc) is 3.11. The van der Waals surface area contributed by atoms with Crippen molar-refractivity contribution in [3.63, 3.8) is 0 Å². The van der Waals surface area contributed by atoms with E-state index in [0.29, 0.717) is 25.5 Å². The topological polar surface area (TPSA) is 75.4 Å². The van der Waals surface area contributed by atoms with Gasteiger partial charge in [-0.2, -0.15) is 0 Å². The number of nitrogens with zero attached hydrogens (tertiary/aromatic N) is 4. The SMILES string of the molecule is Cc1c(C(=O)N2CCN(Cc3nc(N)c4ccccc4n3)CC2)sc2ccccc12. The Morgan fingerprint density at radius 1 is 1.00 bits per heavy atom. The third-order valence-electron chi connectivity index (χ3n) is 5.74. The van der Waals surface area contributed by atoms with Gasteiger partial charge in [0, 0.05) is 36.3 Å². The third kappa shape index (κ3) is 3.40. The van der Waals surface area contributed by atoms with Crippen LogP contribution in [0.4, 0.5) is 5.82 Å². The lowest BCUT2D eigenvalue weighted by Crippen LogP contribution is -2.48. The van der Waals surface area contributed by atoms with E-state index >= 15 is 0 Å². The van der Waals surface area contributed by atoms with Crippen LogP contribution in [0.5, 0.6) is 0 Å². The minimum absolute atomic E-state index is 0.138. The lowest BCUT2D eigenvalue weighted by molar-refractivity contribution is 0.0630. The van der Waals surface area contributed by atoms with Crippen molar-refractivity contribution in [3.8, 4) is 0 Å². The van der Waals surface area contributed by atoms with Gasteiger partial charge in [0.15, 0.2) is 0 Å². The highest BCUT2D eigenvalue weighted by Gasteiger charge is 2.25. The summed E-state index contributed by atoms with van der Waals surface area (Å²) in [5, 5.41) is 2.06. The van der Waals surface area contributed by atoms with Gasteiger partial charge in [0.1, 0.15) is 11.6 Å². The summed E-state index contributed by atoms with van der Waals surface area (Å²) in [5.41, 5.74) is 8.07. The summed E-state index contributed by atoms with van der Waals surface area (Å²) in [4.78, 5) is 27.4. The van der Waals surface area contributed by atoms with Crippen LogP contribution in [0.25, 0.3) is 21.0 Å². The fraction of sp³-hybridized carbons (Fsp3) is 0.261. The van der Waals surface area contributed by atoms with Gasteiger partial charge in [-0.15, -0.1) is 11.3 Å². The predicted octanol–water partition coefficient (Wildman–Crippen LogP) is 3.69. The molecule has 2 aromatic carbocycles. The lowest BCUT2D eigenvalue weighted by atomic mass is 10.1. The van der Waals surface area contributed by atoms with Gasteiger partial charge < -0.3 is 10.6 Å². The molecule has 2 aromatic heterocycles. The quantitative estimate of drug-likeness (QED) is 0.550.